The Labute approximate surface area is 215 Å². The second kappa shape index (κ2) is 9.15. The van der Waals surface area contributed by atoms with Crippen LogP contribution in [0.5, 0.6) is 0 Å². The molecule has 0 radical (unpaired) electrons. The number of aliphatic hydroxyl groups is 5. The van der Waals surface area contributed by atoms with Gasteiger partial charge in [0, 0.05) is 29.6 Å². The lowest BCUT2D eigenvalue weighted by atomic mass is 9.47. The molecule has 3 fully saturated rings. The molecule has 2 saturated carbocycles. The Morgan fingerprint density at radius 2 is 1.89 bits per heavy atom. The van der Waals surface area contributed by atoms with Crippen LogP contribution >= 0.6 is 0 Å². The molecule has 1 aliphatic heterocycles. The summed E-state index contributed by atoms with van der Waals surface area (Å²) in [6.45, 7) is 2.51. The van der Waals surface area contributed by atoms with Crippen molar-refractivity contribution in [2.24, 2.45) is 28.6 Å². The Bertz CT molecular complexity index is 1050. The van der Waals surface area contributed by atoms with Gasteiger partial charge in [-0.05, 0) is 37.2 Å². The van der Waals surface area contributed by atoms with Gasteiger partial charge >= 0.3 is 0 Å². The molecular weight excluding hydrogens is 484 g/mol. The Kier molecular flexibility index (Phi) is 6.63. The van der Waals surface area contributed by atoms with Gasteiger partial charge in [-0.25, -0.2) is 0 Å². The number of Topliss-reactive ketones (excluding diaryl/α,β-unsaturated/α-hetero) is 2. The van der Waals surface area contributed by atoms with Crippen molar-refractivity contribution in [3.63, 3.8) is 0 Å². The lowest BCUT2D eigenvalue weighted by Gasteiger charge is -2.56. The van der Waals surface area contributed by atoms with Crippen molar-refractivity contribution in [1.29, 1.82) is 0 Å². The fourth-order valence-corrected chi connectivity index (χ4v) is 7.89. The second-order valence-electron chi connectivity index (χ2n) is 11.9. The summed E-state index contributed by atoms with van der Waals surface area (Å²) in [5.74, 6) is -1.16. The Hall–Kier alpha value is -1.79. The number of aliphatic hydroxyl groups excluding tert-OH is 4. The molecular formula is C27H36O10. The van der Waals surface area contributed by atoms with Crippen molar-refractivity contribution in [2.45, 2.75) is 82.3 Å². The van der Waals surface area contributed by atoms with Crippen molar-refractivity contribution in [1.82, 2.24) is 0 Å². The maximum Gasteiger partial charge on any atom is 0.190 e. The molecule has 1 saturated heterocycles. The van der Waals surface area contributed by atoms with Gasteiger partial charge in [-0.2, -0.15) is 0 Å². The van der Waals surface area contributed by atoms with Crippen LogP contribution < -0.4 is 0 Å². The summed E-state index contributed by atoms with van der Waals surface area (Å²) >= 11 is 0. The highest BCUT2D eigenvalue weighted by Crippen LogP contribution is 2.65. The van der Waals surface area contributed by atoms with E-state index < -0.39 is 66.1 Å². The molecule has 204 valence electrons. The summed E-state index contributed by atoms with van der Waals surface area (Å²) in [6.07, 6.45) is -0.433. The maximum atomic E-state index is 13.7. The van der Waals surface area contributed by atoms with Crippen LogP contribution in [-0.2, 0) is 23.9 Å². The van der Waals surface area contributed by atoms with E-state index in [-0.39, 0.29) is 42.2 Å². The third kappa shape index (κ3) is 3.83. The van der Waals surface area contributed by atoms with Crippen LogP contribution in [0.3, 0.4) is 0 Å². The van der Waals surface area contributed by atoms with E-state index in [1.54, 1.807) is 13.0 Å². The number of ketones is 3. The van der Waals surface area contributed by atoms with Gasteiger partial charge in [-0.1, -0.05) is 31.6 Å². The minimum atomic E-state index is -1.84. The highest BCUT2D eigenvalue weighted by molar-refractivity contribution is 5.96. The van der Waals surface area contributed by atoms with E-state index in [1.165, 1.54) is 0 Å². The molecule has 11 atom stereocenters. The monoisotopic (exact) mass is 520 g/mol. The number of carbonyl (C=O) groups excluding carboxylic acids is 3. The molecule has 5 aliphatic rings. The van der Waals surface area contributed by atoms with Crippen LogP contribution in [0.15, 0.2) is 23.8 Å². The quantitative estimate of drug-likeness (QED) is 0.300. The smallest absolute Gasteiger partial charge is 0.190 e. The fraction of sp³-hybridized carbons (Fsp3) is 0.741. The van der Waals surface area contributed by atoms with E-state index in [9.17, 15) is 39.9 Å². The Morgan fingerprint density at radius 3 is 2.59 bits per heavy atom. The van der Waals surface area contributed by atoms with Gasteiger partial charge in [0.2, 0.25) is 0 Å². The summed E-state index contributed by atoms with van der Waals surface area (Å²) in [7, 11) is 0. The minimum absolute atomic E-state index is 0.0196. The standard InChI is InChI=1S/C27H36O10/c1-25-7-5-14(29)9-13(25)3-4-15-16-6-8-27(35,26(16,2)10-17(30)20(15)25)19(31)12-36-24-23(34)22(33)21(32)18(11-28)37-24/h3,5,7,15-16,18,20-24,28,32-35H,4,6,8-12H2,1-2H3/t15?,16?,18?,20?,21?,22?,23?,24?,25-,26-,27-/m0/s1. The molecule has 10 nitrogen and oxygen atoms in total. The van der Waals surface area contributed by atoms with Crippen LogP contribution in [0.4, 0.5) is 0 Å². The van der Waals surface area contributed by atoms with Gasteiger partial charge in [0.15, 0.2) is 17.9 Å². The molecule has 0 spiro atoms. The Balaban J connectivity index is 1.35. The van der Waals surface area contributed by atoms with Crippen LogP contribution in [0, 0.1) is 28.6 Å². The van der Waals surface area contributed by atoms with Crippen molar-refractivity contribution in [3.05, 3.63) is 23.8 Å². The molecule has 0 amide bonds. The van der Waals surface area contributed by atoms with Gasteiger partial charge in [-0.15, -0.1) is 0 Å². The fourth-order valence-electron chi connectivity index (χ4n) is 7.89. The molecule has 5 rings (SSSR count). The predicted molar refractivity (Wildman–Crippen MR) is 127 cm³/mol. The third-order valence-corrected chi connectivity index (χ3v) is 10.1. The number of carbonyl (C=O) groups is 3. The van der Waals surface area contributed by atoms with Gasteiger partial charge < -0.3 is 35.0 Å². The Morgan fingerprint density at radius 1 is 1.16 bits per heavy atom. The van der Waals surface area contributed by atoms with Gasteiger partial charge in [0.05, 0.1) is 6.61 Å². The van der Waals surface area contributed by atoms with Gasteiger partial charge in [0.1, 0.15) is 42.4 Å². The topological polar surface area (TPSA) is 171 Å². The molecule has 10 heteroatoms. The number of hydrogen-bond acceptors (Lipinski definition) is 10. The van der Waals surface area contributed by atoms with E-state index in [0.29, 0.717) is 19.3 Å². The summed E-state index contributed by atoms with van der Waals surface area (Å²) in [6, 6.07) is 0. The summed E-state index contributed by atoms with van der Waals surface area (Å²) < 4.78 is 10.7. The highest BCUT2D eigenvalue weighted by atomic mass is 16.7. The first kappa shape index (κ1) is 26.8. The zero-order valence-electron chi connectivity index (χ0n) is 21.1. The molecule has 4 aliphatic carbocycles. The minimum Gasteiger partial charge on any atom is -0.394 e. The normalized spacial score (nSPS) is 49.2. The summed E-state index contributed by atoms with van der Waals surface area (Å²) in [4.78, 5) is 39.1. The molecule has 0 bridgehead atoms. The lowest BCUT2D eigenvalue weighted by molar-refractivity contribution is -0.300. The van der Waals surface area contributed by atoms with E-state index in [4.69, 9.17) is 9.47 Å². The van der Waals surface area contributed by atoms with E-state index in [0.717, 1.165) is 5.57 Å². The maximum absolute atomic E-state index is 13.7. The first-order valence-corrected chi connectivity index (χ1v) is 13.0. The van der Waals surface area contributed by atoms with E-state index in [2.05, 4.69) is 6.08 Å². The molecule has 0 aromatic rings. The highest BCUT2D eigenvalue weighted by Gasteiger charge is 2.68. The van der Waals surface area contributed by atoms with Crippen molar-refractivity contribution < 1.29 is 49.4 Å². The van der Waals surface area contributed by atoms with Crippen molar-refractivity contribution in [3.8, 4) is 0 Å². The molecule has 1 heterocycles. The zero-order valence-corrected chi connectivity index (χ0v) is 21.1. The molecule has 0 aromatic carbocycles. The lowest BCUT2D eigenvalue weighted by Crippen LogP contribution is -2.61. The van der Waals surface area contributed by atoms with Crippen LogP contribution in [-0.4, -0.2) is 92.4 Å². The zero-order chi connectivity index (χ0) is 26.9. The first-order valence-electron chi connectivity index (χ1n) is 13.0. The third-order valence-electron chi connectivity index (χ3n) is 10.1. The molecule has 37 heavy (non-hydrogen) atoms. The van der Waals surface area contributed by atoms with Crippen LogP contribution in [0.2, 0.25) is 0 Å². The predicted octanol–water partition coefficient (Wildman–Crippen LogP) is -0.410. The van der Waals surface area contributed by atoms with Gasteiger partial charge in [-0.3, -0.25) is 14.4 Å². The van der Waals surface area contributed by atoms with Crippen LogP contribution in [0.1, 0.15) is 46.0 Å². The molecule has 5 N–H and O–H groups in total. The average molecular weight is 521 g/mol. The van der Waals surface area contributed by atoms with Crippen molar-refractivity contribution >= 4 is 17.3 Å². The summed E-state index contributed by atoms with van der Waals surface area (Å²) in [5, 5.41) is 51.2. The van der Waals surface area contributed by atoms with Crippen LogP contribution in [0.25, 0.3) is 0 Å². The van der Waals surface area contributed by atoms with E-state index in [1.807, 2.05) is 13.0 Å². The molecule has 8 unspecified atom stereocenters. The van der Waals surface area contributed by atoms with Gasteiger partial charge in [0.25, 0.3) is 0 Å². The number of allylic oxidation sites excluding steroid dienone is 4. The average Bonchev–Trinajstić information content (AvgIpc) is 3.13. The number of ether oxygens (including phenoxy) is 2. The van der Waals surface area contributed by atoms with E-state index >= 15 is 0 Å². The largest absolute Gasteiger partial charge is 0.394 e. The SMILES string of the molecule is C[C@]12C=CC(=O)CC1=CCC1C2C(=O)C[C@@]2(C)C1CC[C@]2(O)C(=O)COC1OC(CO)C(O)C(O)C1O. The number of fused-ring (bicyclic) bond motifs is 5. The second-order valence-corrected chi connectivity index (χ2v) is 11.9. The molecule has 0 aromatic heterocycles. The summed E-state index contributed by atoms with van der Waals surface area (Å²) in [5.41, 5.74) is -2.44. The number of hydrogen-bond donors (Lipinski definition) is 5. The number of rotatable bonds is 5. The first-order chi connectivity index (χ1) is 17.4. The van der Waals surface area contributed by atoms with Crippen molar-refractivity contribution in [2.75, 3.05) is 13.2 Å².